The van der Waals surface area contributed by atoms with Crippen molar-refractivity contribution in [3.05, 3.63) is 23.8 Å². The molecule has 0 aliphatic heterocycles. The molecular weight excluding hydrogens is 236 g/mol. The van der Waals surface area contributed by atoms with E-state index in [2.05, 4.69) is 0 Å². The number of carboxylic acids is 1. The molecule has 5 nitrogen and oxygen atoms in total. The monoisotopic (exact) mass is 252 g/mol. The predicted molar refractivity (Wildman–Crippen MR) is 64.1 cm³/mol. The van der Waals surface area contributed by atoms with Crippen molar-refractivity contribution < 1.29 is 24.5 Å². The number of aliphatic hydroxyl groups excluding tert-OH is 1. The Bertz CT molecular complexity index is 470. The van der Waals surface area contributed by atoms with Gasteiger partial charge in [-0.25, -0.2) is 0 Å². The van der Waals surface area contributed by atoms with Crippen LogP contribution >= 0.6 is 0 Å². The summed E-state index contributed by atoms with van der Waals surface area (Å²) in [5, 5.41) is 18.5. The molecule has 0 radical (unpaired) electrons. The van der Waals surface area contributed by atoms with Crippen LogP contribution in [0, 0.1) is 5.92 Å². The van der Waals surface area contributed by atoms with Crippen LogP contribution in [-0.2, 0) is 10.2 Å². The van der Waals surface area contributed by atoms with E-state index in [0.717, 1.165) is 0 Å². The molecule has 1 saturated carbocycles. The van der Waals surface area contributed by atoms with Gasteiger partial charge < -0.3 is 19.7 Å². The SMILES string of the molecule is COc1ccc(C2(C(=O)O)CC2CO)cc1OC. The number of carbonyl (C=O) groups is 1. The van der Waals surface area contributed by atoms with Gasteiger partial charge >= 0.3 is 5.97 Å². The fraction of sp³-hybridized carbons (Fsp3) is 0.462. The zero-order valence-corrected chi connectivity index (χ0v) is 10.3. The molecule has 1 aliphatic rings. The molecule has 5 heteroatoms. The van der Waals surface area contributed by atoms with E-state index < -0.39 is 11.4 Å². The van der Waals surface area contributed by atoms with Crippen LogP contribution in [-0.4, -0.2) is 37.0 Å². The first-order valence-corrected chi connectivity index (χ1v) is 5.67. The normalized spacial score (nSPS) is 25.6. The molecule has 1 aliphatic carbocycles. The van der Waals surface area contributed by atoms with Crippen LogP contribution in [0.1, 0.15) is 12.0 Å². The zero-order chi connectivity index (χ0) is 13.3. The molecule has 2 atom stereocenters. The van der Waals surface area contributed by atoms with Crippen LogP contribution < -0.4 is 9.47 Å². The van der Waals surface area contributed by atoms with Crippen molar-refractivity contribution in [3.8, 4) is 11.5 Å². The summed E-state index contributed by atoms with van der Waals surface area (Å²) in [5.74, 6) is -0.0796. The smallest absolute Gasteiger partial charge is 0.314 e. The van der Waals surface area contributed by atoms with Crippen molar-refractivity contribution in [2.24, 2.45) is 5.92 Å². The number of rotatable bonds is 5. The molecule has 1 aromatic carbocycles. The number of carboxylic acid groups (broad SMARTS) is 1. The van der Waals surface area contributed by atoms with E-state index in [1.165, 1.54) is 14.2 Å². The van der Waals surface area contributed by atoms with Gasteiger partial charge in [0.25, 0.3) is 0 Å². The Morgan fingerprint density at radius 2 is 2.06 bits per heavy atom. The molecule has 1 aromatic rings. The molecule has 0 amide bonds. The summed E-state index contributed by atoms with van der Waals surface area (Å²) in [5.41, 5.74) is -0.333. The summed E-state index contributed by atoms with van der Waals surface area (Å²) >= 11 is 0. The maximum atomic E-state index is 11.4. The second kappa shape index (κ2) is 4.49. The molecule has 2 N–H and O–H groups in total. The maximum absolute atomic E-state index is 11.4. The largest absolute Gasteiger partial charge is 0.493 e. The van der Waals surface area contributed by atoms with Gasteiger partial charge in [0.15, 0.2) is 11.5 Å². The van der Waals surface area contributed by atoms with E-state index in [-0.39, 0.29) is 12.5 Å². The number of hydrogen-bond donors (Lipinski definition) is 2. The fourth-order valence-corrected chi connectivity index (χ4v) is 2.40. The van der Waals surface area contributed by atoms with Gasteiger partial charge in [0.05, 0.1) is 19.6 Å². The second-order valence-electron chi connectivity index (χ2n) is 4.43. The number of aliphatic carboxylic acids is 1. The van der Waals surface area contributed by atoms with Crippen molar-refractivity contribution >= 4 is 5.97 Å². The molecule has 2 unspecified atom stereocenters. The van der Waals surface area contributed by atoms with Crippen molar-refractivity contribution in [2.45, 2.75) is 11.8 Å². The van der Waals surface area contributed by atoms with Gasteiger partial charge in [-0.3, -0.25) is 4.79 Å². The number of benzene rings is 1. The molecular formula is C13H16O5. The third-order valence-electron chi connectivity index (χ3n) is 3.61. The second-order valence-corrected chi connectivity index (χ2v) is 4.43. The zero-order valence-electron chi connectivity index (χ0n) is 10.3. The first-order valence-electron chi connectivity index (χ1n) is 5.67. The number of hydrogen-bond acceptors (Lipinski definition) is 4. The van der Waals surface area contributed by atoms with E-state index in [0.29, 0.717) is 23.5 Å². The highest BCUT2D eigenvalue weighted by molar-refractivity contribution is 5.86. The van der Waals surface area contributed by atoms with E-state index in [1.807, 2.05) is 0 Å². The quantitative estimate of drug-likeness (QED) is 0.818. The summed E-state index contributed by atoms with van der Waals surface area (Å²) in [6.07, 6.45) is 0.453. The highest BCUT2D eigenvalue weighted by atomic mass is 16.5. The van der Waals surface area contributed by atoms with Crippen LogP contribution in [0.3, 0.4) is 0 Å². The molecule has 0 heterocycles. The minimum Gasteiger partial charge on any atom is -0.493 e. The standard InChI is InChI=1S/C13H16O5/c1-17-10-4-3-8(5-11(10)18-2)13(12(15)16)6-9(13)7-14/h3-5,9,14H,6-7H2,1-2H3,(H,15,16). The van der Waals surface area contributed by atoms with Crippen LogP contribution in [0.4, 0.5) is 0 Å². The van der Waals surface area contributed by atoms with Gasteiger partial charge in [-0.2, -0.15) is 0 Å². The first-order chi connectivity index (χ1) is 8.59. The summed E-state index contributed by atoms with van der Waals surface area (Å²) in [6, 6.07) is 5.07. The van der Waals surface area contributed by atoms with E-state index in [1.54, 1.807) is 18.2 Å². The Hall–Kier alpha value is -1.75. The lowest BCUT2D eigenvalue weighted by Crippen LogP contribution is -2.23. The van der Waals surface area contributed by atoms with Crippen molar-refractivity contribution in [1.29, 1.82) is 0 Å². The van der Waals surface area contributed by atoms with Crippen molar-refractivity contribution in [2.75, 3.05) is 20.8 Å². The Labute approximate surface area is 105 Å². The van der Waals surface area contributed by atoms with Gasteiger partial charge in [-0.1, -0.05) is 6.07 Å². The Balaban J connectivity index is 2.42. The lowest BCUT2D eigenvalue weighted by atomic mass is 9.93. The average Bonchev–Trinajstić information content (AvgIpc) is 3.13. The van der Waals surface area contributed by atoms with Gasteiger partial charge in [-0.15, -0.1) is 0 Å². The van der Waals surface area contributed by atoms with Crippen LogP contribution in [0.25, 0.3) is 0 Å². The molecule has 0 spiro atoms. The van der Waals surface area contributed by atoms with Crippen molar-refractivity contribution in [1.82, 2.24) is 0 Å². The van der Waals surface area contributed by atoms with E-state index in [4.69, 9.17) is 14.6 Å². The number of aliphatic hydroxyl groups is 1. The summed E-state index contributed by atoms with van der Waals surface area (Å²) in [4.78, 5) is 11.4. The highest BCUT2D eigenvalue weighted by Gasteiger charge is 2.61. The van der Waals surface area contributed by atoms with Crippen molar-refractivity contribution in [3.63, 3.8) is 0 Å². The molecule has 1 fully saturated rings. The molecule has 2 rings (SSSR count). The first kappa shape index (κ1) is 12.7. The van der Waals surface area contributed by atoms with Gasteiger partial charge in [0.2, 0.25) is 0 Å². The Morgan fingerprint density at radius 3 is 2.50 bits per heavy atom. The Morgan fingerprint density at radius 1 is 1.39 bits per heavy atom. The third-order valence-corrected chi connectivity index (χ3v) is 3.61. The third kappa shape index (κ3) is 1.71. The van der Waals surface area contributed by atoms with Crippen LogP contribution in [0.15, 0.2) is 18.2 Å². The molecule has 0 aromatic heterocycles. The van der Waals surface area contributed by atoms with E-state index in [9.17, 15) is 9.90 Å². The van der Waals surface area contributed by atoms with Gasteiger partial charge in [0, 0.05) is 12.5 Å². The predicted octanol–water partition coefficient (Wildman–Crippen LogP) is 1.04. The molecule has 18 heavy (non-hydrogen) atoms. The minimum atomic E-state index is -0.978. The number of ether oxygens (including phenoxy) is 2. The molecule has 0 bridgehead atoms. The summed E-state index contributed by atoms with van der Waals surface area (Å²) in [6.45, 7) is -0.124. The van der Waals surface area contributed by atoms with Crippen LogP contribution in [0.2, 0.25) is 0 Å². The lowest BCUT2D eigenvalue weighted by molar-refractivity contribution is -0.140. The fourth-order valence-electron chi connectivity index (χ4n) is 2.40. The molecule has 98 valence electrons. The summed E-state index contributed by atoms with van der Waals surface area (Å²) in [7, 11) is 3.03. The van der Waals surface area contributed by atoms with Gasteiger partial charge in [0.1, 0.15) is 0 Å². The maximum Gasteiger partial charge on any atom is 0.314 e. The average molecular weight is 252 g/mol. The van der Waals surface area contributed by atoms with Crippen LogP contribution in [0.5, 0.6) is 11.5 Å². The minimum absolute atomic E-state index is 0.124. The lowest BCUT2D eigenvalue weighted by Gasteiger charge is -2.15. The summed E-state index contributed by atoms with van der Waals surface area (Å²) < 4.78 is 10.3. The number of methoxy groups -OCH3 is 2. The van der Waals surface area contributed by atoms with Gasteiger partial charge in [-0.05, 0) is 24.1 Å². The Kier molecular flexibility index (Phi) is 3.17. The molecule has 0 saturated heterocycles. The topological polar surface area (TPSA) is 76.0 Å². The highest BCUT2D eigenvalue weighted by Crippen LogP contribution is 2.55. The van der Waals surface area contributed by atoms with E-state index >= 15 is 0 Å².